The summed E-state index contributed by atoms with van der Waals surface area (Å²) < 4.78 is 10.3. The van der Waals surface area contributed by atoms with Crippen molar-refractivity contribution in [2.45, 2.75) is 25.7 Å². The van der Waals surface area contributed by atoms with Gasteiger partial charge < -0.3 is 19.7 Å². The average molecular weight is 259 g/mol. The lowest BCUT2D eigenvalue weighted by Crippen LogP contribution is -2.57. The zero-order valence-corrected chi connectivity index (χ0v) is 12.5. The summed E-state index contributed by atoms with van der Waals surface area (Å²) in [4.78, 5) is 4.93. The lowest BCUT2D eigenvalue weighted by Gasteiger charge is -2.43. The molecule has 1 fully saturated rings. The van der Waals surface area contributed by atoms with Gasteiger partial charge in [0.1, 0.15) is 0 Å². The molecule has 5 nitrogen and oxygen atoms in total. The third-order valence-corrected chi connectivity index (χ3v) is 3.75. The second kappa shape index (κ2) is 7.40. The van der Waals surface area contributed by atoms with Crippen LogP contribution < -0.4 is 5.32 Å². The molecular formula is C13H29N3O2. The molecule has 0 bridgehead atoms. The molecule has 1 heterocycles. The van der Waals surface area contributed by atoms with Gasteiger partial charge in [0.15, 0.2) is 6.29 Å². The van der Waals surface area contributed by atoms with E-state index in [1.807, 2.05) is 0 Å². The van der Waals surface area contributed by atoms with Crippen molar-refractivity contribution in [3.63, 3.8) is 0 Å². The van der Waals surface area contributed by atoms with Gasteiger partial charge in [-0.05, 0) is 20.9 Å². The molecule has 0 spiro atoms. The number of likely N-dealkylation sites (N-methyl/N-ethyl adjacent to an activating group) is 1. The van der Waals surface area contributed by atoms with Crippen LogP contribution in [-0.2, 0) is 9.47 Å². The van der Waals surface area contributed by atoms with Gasteiger partial charge in [-0.15, -0.1) is 0 Å². The van der Waals surface area contributed by atoms with Crippen molar-refractivity contribution in [2.24, 2.45) is 0 Å². The molecule has 1 N–H and O–H groups in total. The van der Waals surface area contributed by atoms with E-state index in [-0.39, 0.29) is 11.8 Å². The summed E-state index contributed by atoms with van der Waals surface area (Å²) in [6, 6.07) is 0. The third-order valence-electron chi connectivity index (χ3n) is 3.75. The molecule has 1 aliphatic rings. The first-order valence-corrected chi connectivity index (χ1v) is 6.69. The Hall–Kier alpha value is -0.200. The molecule has 1 aliphatic heterocycles. The molecule has 18 heavy (non-hydrogen) atoms. The maximum atomic E-state index is 5.17. The van der Waals surface area contributed by atoms with Gasteiger partial charge in [0.2, 0.25) is 0 Å². The molecule has 0 aromatic carbocycles. The quantitative estimate of drug-likeness (QED) is 0.662. The Kier molecular flexibility index (Phi) is 6.52. The average Bonchev–Trinajstić information content (AvgIpc) is 2.35. The molecule has 0 aromatic rings. The van der Waals surface area contributed by atoms with Crippen molar-refractivity contribution < 1.29 is 9.47 Å². The maximum absolute atomic E-state index is 5.17. The van der Waals surface area contributed by atoms with E-state index in [2.05, 4.69) is 36.0 Å². The first-order chi connectivity index (χ1) is 8.49. The highest BCUT2D eigenvalue weighted by atomic mass is 16.7. The minimum absolute atomic E-state index is 0.159. The Morgan fingerprint density at radius 2 is 1.67 bits per heavy atom. The minimum Gasteiger partial charge on any atom is -0.355 e. The molecule has 108 valence electrons. The van der Waals surface area contributed by atoms with E-state index in [1.54, 1.807) is 14.2 Å². The number of nitrogens with one attached hydrogen (secondary N) is 1. The fraction of sp³-hybridized carbons (Fsp3) is 1.00. The van der Waals surface area contributed by atoms with E-state index in [0.29, 0.717) is 0 Å². The predicted molar refractivity (Wildman–Crippen MR) is 73.8 cm³/mol. The van der Waals surface area contributed by atoms with Crippen LogP contribution in [0.25, 0.3) is 0 Å². The van der Waals surface area contributed by atoms with Gasteiger partial charge in [-0.1, -0.05) is 0 Å². The first-order valence-electron chi connectivity index (χ1n) is 6.69. The van der Waals surface area contributed by atoms with Gasteiger partial charge in [-0.3, -0.25) is 4.90 Å². The predicted octanol–water partition coefficient (Wildman–Crippen LogP) is 0.221. The highest BCUT2D eigenvalue weighted by molar-refractivity contribution is 4.87. The minimum atomic E-state index is -0.159. The van der Waals surface area contributed by atoms with Crippen molar-refractivity contribution in [2.75, 3.05) is 60.5 Å². The number of piperazine rings is 1. The van der Waals surface area contributed by atoms with Crippen LogP contribution in [0.15, 0.2) is 0 Å². The Labute approximate surface area is 111 Å². The highest BCUT2D eigenvalue weighted by Gasteiger charge is 2.28. The van der Waals surface area contributed by atoms with Crippen LogP contribution in [0.4, 0.5) is 0 Å². The fourth-order valence-corrected chi connectivity index (χ4v) is 2.28. The largest absolute Gasteiger partial charge is 0.355 e. The zero-order valence-electron chi connectivity index (χ0n) is 12.5. The normalized spacial score (nSPS) is 19.7. The lowest BCUT2D eigenvalue weighted by molar-refractivity contribution is -0.0998. The van der Waals surface area contributed by atoms with Gasteiger partial charge in [-0.2, -0.15) is 0 Å². The Morgan fingerprint density at radius 3 is 2.17 bits per heavy atom. The molecule has 1 rings (SSSR count). The van der Waals surface area contributed by atoms with Crippen LogP contribution in [0.1, 0.15) is 13.8 Å². The molecule has 0 radical (unpaired) electrons. The van der Waals surface area contributed by atoms with Gasteiger partial charge in [0.25, 0.3) is 0 Å². The van der Waals surface area contributed by atoms with Crippen LogP contribution >= 0.6 is 0 Å². The number of hydrogen-bond donors (Lipinski definition) is 1. The second-order valence-corrected chi connectivity index (χ2v) is 5.63. The monoisotopic (exact) mass is 259 g/mol. The van der Waals surface area contributed by atoms with Crippen molar-refractivity contribution in [1.29, 1.82) is 0 Å². The van der Waals surface area contributed by atoms with Gasteiger partial charge >= 0.3 is 0 Å². The number of methoxy groups -OCH3 is 2. The third kappa shape index (κ3) is 4.82. The van der Waals surface area contributed by atoms with Crippen LogP contribution in [0.5, 0.6) is 0 Å². The van der Waals surface area contributed by atoms with E-state index >= 15 is 0 Å². The summed E-state index contributed by atoms with van der Waals surface area (Å²) in [7, 11) is 5.52. The zero-order chi connectivity index (χ0) is 13.6. The van der Waals surface area contributed by atoms with E-state index < -0.39 is 0 Å². The Balaban J connectivity index is 2.30. The van der Waals surface area contributed by atoms with Crippen LogP contribution in [0.2, 0.25) is 0 Å². The van der Waals surface area contributed by atoms with Crippen molar-refractivity contribution in [1.82, 2.24) is 15.1 Å². The fourth-order valence-electron chi connectivity index (χ4n) is 2.28. The maximum Gasteiger partial charge on any atom is 0.169 e. The molecule has 0 aromatic heterocycles. The van der Waals surface area contributed by atoms with E-state index in [9.17, 15) is 0 Å². The molecule has 0 atom stereocenters. The summed E-state index contributed by atoms with van der Waals surface area (Å²) in [5.41, 5.74) is 0.174. The molecule has 0 saturated carbocycles. The highest BCUT2D eigenvalue weighted by Crippen LogP contribution is 2.15. The van der Waals surface area contributed by atoms with Crippen molar-refractivity contribution in [3.05, 3.63) is 0 Å². The number of hydrogen-bond acceptors (Lipinski definition) is 5. The Bertz CT molecular complexity index is 224. The topological polar surface area (TPSA) is 37.0 Å². The van der Waals surface area contributed by atoms with Crippen LogP contribution in [0, 0.1) is 0 Å². The van der Waals surface area contributed by atoms with E-state index in [0.717, 1.165) is 39.3 Å². The first kappa shape index (κ1) is 15.9. The number of rotatable bonds is 7. The molecule has 1 saturated heterocycles. The van der Waals surface area contributed by atoms with Crippen LogP contribution in [-0.4, -0.2) is 82.2 Å². The summed E-state index contributed by atoms with van der Waals surface area (Å²) in [6.07, 6.45) is -0.159. The molecular weight excluding hydrogens is 230 g/mol. The van der Waals surface area contributed by atoms with Gasteiger partial charge in [0.05, 0.1) is 0 Å². The molecule has 0 amide bonds. The second-order valence-electron chi connectivity index (χ2n) is 5.63. The summed E-state index contributed by atoms with van der Waals surface area (Å²) in [5.74, 6) is 0. The summed E-state index contributed by atoms with van der Waals surface area (Å²) in [6.45, 7) is 10.8. The van der Waals surface area contributed by atoms with Crippen LogP contribution in [0.3, 0.4) is 0 Å². The SMILES string of the molecule is COC(CNCC(C)(C)N1CCN(C)CC1)OC. The molecule has 0 aliphatic carbocycles. The lowest BCUT2D eigenvalue weighted by atomic mass is 10.0. The standard InChI is InChI=1S/C13H29N3O2/c1-13(2,11-14-10-12(17-4)18-5)16-8-6-15(3)7-9-16/h12,14H,6-11H2,1-5H3. The van der Waals surface area contributed by atoms with Gasteiger partial charge in [0, 0.05) is 59.0 Å². The van der Waals surface area contributed by atoms with E-state index in [1.165, 1.54) is 0 Å². The molecule has 5 heteroatoms. The van der Waals surface area contributed by atoms with E-state index in [4.69, 9.17) is 9.47 Å². The number of ether oxygens (including phenoxy) is 2. The molecule has 0 unspecified atom stereocenters. The summed E-state index contributed by atoms with van der Waals surface area (Å²) >= 11 is 0. The Morgan fingerprint density at radius 1 is 1.11 bits per heavy atom. The van der Waals surface area contributed by atoms with Crippen molar-refractivity contribution in [3.8, 4) is 0 Å². The van der Waals surface area contributed by atoms with Crippen molar-refractivity contribution >= 4 is 0 Å². The smallest absolute Gasteiger partial charge is 0.169 e. The number of nitrogens with zero attached hydrogens (tertiary/aromatic N) is 2. The van der Waals surface area contributed by atoms with Gasteiger partial charge in [-0.25, -0.2) is 0 Å². The summed E-state index contributed by atoms with van der Waals surface area (Å²) in [5, 5.41) is 3.43.